The second-order valence-corrected chi connectivity index (χ2v) is 3.21. The van der Waals surface area contributed by atoms with E-state index in [0.717, 1.165) is 0 Å². The molecule has 0 aromatic carbocycles. The van der Waals surface area contributed by atoms with Gasteiger partial charge in [-0.1, -0.05) is 0 Å². The molecule has 0 radical (unpaired) electrons. The van der Waals surface area contributed by atoms with E-state index in [1.807, 2.05) is 0 Å². The van der Waals surface area contributed by atoms with Gasteiger partial charge < -0.3 is 0 Å². The van der Waals surface area contributed by atoms with Crippen molar-refractivity contribution in [2.45, 2.75) is 31.6 Å². The van der Waals surface area contributed by atoms with Crippen LogP contribution in [-0.2, 0) is 0 Å². The highest BCUT2D eigenvalue weighted by Gasteiger charge is 2.34. The Morgan fingerprint density at radius 2 is 1.91 bits per heavy atom. The quantitative estimate of drug-likeness (QED) is 0.476. The Balaban J connectivity index is 2.25. The first-order valence-electron chi connectivity index (χ1n) is 3.95. The van der Waals surface area contributed by atoms with Gasteiger partial charge in [-0.05, 0) is 18.8 Å². The number of hydrazine groups is 1. The standard InChI is InChI=1S/C7H14F2N2/c8-7(9)3-1-6(2-4-7)5-11-10/h6,11H,1-5,10H2. The van der Waals surface area contributed by atoms with E-state index in [0.29, 0.717) is 25.3 Å². The zero-order chi connectivity index (χ0) is 8.32. The molecule has 2 nitrogen and oxygen atoms in total. The number of nitrogens with two attached hydrogens (primary N) is 1. The molecule has 4 heteroatoms. The molecule has 1 aliphatic rings. The van der Waals surface area contributed by atoms with E-state index in [-0.39, 0.29) is 12.8 Å². The van der Waals surface area contributed by atoms with Crippen LogP contribution in [0.15, 0.2) is 0 Å². The molecule has 0 spiro atoms. The Morgan fingerprint density at radius 3 is 2.36 bits per heavy atom. The highest BCUT2D eigenvalue weighted by Crippen LogP contribution is 2.35. The van der Waals surface area contributed by atoms with Crippen molar-refractivity contribution < 1.29 is 8.78 Å². The second kappa shape index (κ2) is 3.45. The molecule has 0 bridgehead atoms. The summed E-state index contributed by atoms with van der Waals surface area (Å²) in [6.45, 7) is 0.663. The van der Waals surface area contributed by atoms with Crippen LogP contribution in [0, 0.1) is 5.92 Å². The Kier molecular flexibility index (Phi) is 2.78. The number of nitrogens with one attached hydrogen (secondary N) is 1. The number of alkyl halides is 2. The number of rotatable bonds is 2. The van der Waals surface area contributed by atoms with Gasteiger partial charge in [0.25, 0.3) is 0 Å². The van der Waals surface area contributed by atoms with Crippen LogP contribution in [-0.4, -0.2) is 12.5 Å². The molecular formula is C7H14F2N2. The molecular weight excluding hydrogens is 150 g/mol. The molecule has 0 aromatic heterocycles. The first-order chi connectivity index (χ1) is 5.14. The maximum atomic E-state index is 12.6. The van der Waals surface area contributed by atoms with E-state index in [2.05, 4.69) is 5.43 Å². The van der Waals surface area contributed by atoms with Crippen molar-refractivity contribution in [3.8, 4) is 0 Å². The van der Waals surface area contributed by atoms with Crippen LogP contribution >= 0.6 is 0 Å². The molecule has 11 heavy (non-hydrogen) atoms. The van der Waals surface area contributed by atoms with Gasteiger partial charge in [-0.25, -0.2) is 8.78 Å². The topological polar surface area (TPSA) is 38.0 Å². The molecule has 0 heterocycles. The largest absolute Gasteiger partial charge is 0.271 e. The van der Waals surface area contributed by atoms with Gasteiger partial charge >= 0.3 is 0 Å². The lowest BCUT2D eigenvalue weighted by Crippen LogP contribution is -2.33. The molecule has 66 valence electrons. The number of halogens is 2. The normalized spacial score (nSPS) is 25.4. The van der Waals surface area contributed by atoms with Crippen LogP contribution in [0.2, 0.25) is 0 Å². The van der Waals surface area contributed by atoms with E-state index >= 15 is 0 Å². The van der Waals surface area contributed by atoms with Crippen molar-refractivity contribution in [2.75, 3.05) is 6.54 Å². The summed E-state index contributed by atoms with van der Waals surface area (Å²) in [6.07, 6.45) is 1.24. The van der Waals surface area contributed by atoms with Crippen molar-refractivity contribution >= 4 is 0 Å². The van der Waals surface area contributed by atoms with E-state index in [1.165, 1.54) is 0 Å². The summed E-state index contributed by atoms with van der Waals surface area (Å²) < 4.78 is 25.1. The van der Waals surface area contributed by atoms with Gasteiger partial charge in [0, 0.05) is 19.4 Å². The summed E-state index contributed by atoms with van der Waals surface area (Å²) in [5.74, 6) is 3.02. The van der Waals surface area contributed by atoms with Gasteiger partial charge in [0.15, 0.2) is 0 Å². The minimum absolute atomic E-state index is 0.0271. The third-order valence-electron chi connectivity index (χ3n) is 2.24. The Bertz CT molecular complexity index is 118. The van der Waals surface area contributed by atoms with E-state index in [4.69, 9.17) is 5.84 Å². The van der Waals surface area contributed by atoms with Crippen LogP contribution in [0.3, 0.4) is 0 Å². The Labute approximate surface area is 65.1 Å². The highest BCUT2D eigenvalue weighted by molar-refractivity contribution is 4.77. The van der Waals surface area contributed by atoms with Crippen molar-refractivity contribution in [1.29, 1.82) is 0 Å². The molecule has 3 N–H and O–H groups in total. The van der Waals surface area contributed by atoms with Gasteiger partial charge in [-0.2, -0.15) is 0 Å². The SMILES string of the molecule is NNCC1CCC(F)(F)CC1. The molecule has 0 saturated heterocycles. The maximum Gasteiger partial charge on any atom is 0.248 e. The van der Waals surface area contributed by atoms with Crippen LogP contribution in [0.1, 0.15) is 25.7 Å². The zero-order valence-electron chi connectivity index (χ0n) is 6.45. The van der Waals surface area contributed by atoms with Crippen molar-refractivity contribution in [3.05, 3.63) is 0 Å². The number of hydrogen-bond donors (Lipinski definition) is 2. The van der Waals surface area contributed by atoms with Gasteiger partial charge in [-0.15, -0.1) is 0 Å². The minimum Gasteiger partial charge on any atom is -0.271 e. The molecule has 0 atom stereocenters. The van der Waals surface area contributed by atoms with E-state index in [9.17, 15) is 8.78 Å². The molecule has 0 unspecified atom stereocenters. The fraction of sp³-hybridized carbons (Fsp3) is 1.00. The summed E-state index contributed by atoms with van der Waals surface area (Å²) in [6, 6.07) is 0. The van der Waals surface area contributed by atoms with Gasteiger partial charge in [-0.3, -0.25) is 11.3 Å². The third kappa shape index (κ3) is 2.71. The van der Waals surface area contributed by atoms with Crippen LogP contribution in [0.25, 0.3) is 0 Å². The second-order valence-electron chi connectivity index (χ2n) is 3.21. The summed E-state index contributed by atoms with van der Waals surface area (Å²) >= 11 is 0. The first kappa shape index (κ1) is 8.87. The van der Waals surface area contributed by atoms with E-state index in [1.54, 1.807) is 0 Å². The smallest absolute Gasteiger partial charge is 0.248 e. The van der Waals surface area contributed by atoms with Crippen molar-refractivity contribution in [3.63, 3.8) is 0 Å². The molecule has 1 rings (SSSR count). The monoisotopic (exact) mass is 164 g/mol. The minimum atomic E-state index is -2.41. The van der Waals surface area contributed by atoms with Gasteiger partial charge in [0.2, 0.25) is 5.92 Å². The van der Waals surface area contributed by atoms with Gasteiger partial charge in [0.05, 0.1) is 0 Å². The van der Waals surface area contributed by atoms with Crippen LogP contribution < -0.4 is 11.3 Å². The summed E-state index contributed by atoms with van der Waals surface area (Å²) in [4.78, 5) is 0. The van der Waals surface area contributed by atoms with Crippen molar-refractivity contribution in [1.82, 2.24) is 5.43 Å². The summed E-state index contributed by atoms with van der Waals surface area (Å²) in [7, 11) is 0. The van der Waals surface area contributed by atoms with Gasteiger partial charge in [0.1, 0.15) is 0 Å². The molecule has 0 aliphatic heterocycles. The molecule has 1 saturated carbocycles. The zero-order valence-corrected chi connectivity index (χ0v) is 6.45. The van der Waals surface area contributed by atoms with E-state index < -0.39 is 5.92 Å². The number of hydrogen-bond acceptors (Lipinski definition) is 2. The van der Waals surface area contributed by atoms with Crippen LogP contribution in [0.5, 0.6) is 0 Å². The molecule has 0 aromatic rings. The highest BCUT2D eigenvalue weighted by atomic mass is 19.3. The average molecular weight is 164 g/mol. The third-order valence-corrected chi connectivity index (χ3v) is 2.24. The summed E-state index contributed by atoms with van der Waals surface area (Å²) in [5, 5.41) is 0. The van der Waals surface area contributed by atoms with Crippen LogP contribution in [0.4, 0.5) is 8.78 Å². The molecule has 0 amide bonds. The Morgan fingerprint density at radius 1 is 1.36 bits per heavy atom. The first-order valence-corrected chi connectivity index (χ1v) is 3.95. The lowest BCUT2D eigenvalue weighted by Gasteiger charge is -2.27. The Hall–Kier alpha value is -0.220. The summed E-state index contributed by atoms with van der Waals surface area (Å²) in [5.41, 5.74) is 2.52. The average Bonchev–Trinajstić information content (AvgIpc) is 1.94. The predicted octanol–water partition coefficient (Wildman–Crippen LogP) is 1.28. The fourth-order valence-electron chi connectivity index (χ4n) is 1.47. The maximum absolute atomic E-state index is 12.6. The van der Waals surface area contributed by atoms with Crippen molar-refractivity contribution in [2.24, 2.45) is 11.8 Å². The predicted molar refractivity (Wildman–Crippen MR) is 39.1 cm³/mol. The molecule has 1 fully saturated rings. The fourth-order valence-corrected chi connectivity index (χ4v) is 1.47. The lowest BCUT2D eigenvalue weighted by molar-refractivity contribution is -0.0454. The lowest BCUT2D eigenvalue weighted by atomic mass is 9.87. The molecule has 1 aliphatic carbocycles.